The lowest BCUT2D eigenvalue weighted by Crippen LogP contribution is -2.43. The maximum Gasteiger partial charge on any atom is 0.0478 e. The molecule has 1 saturated heterocycles. The molecule has 0 aliphatic carbocycles. The monoisotopic (exact) mass is 214 g/mol. The van der Waals surface area contributed by atoms with Crippen molar-refractivity contribution in [2.75, 3.05) is 39.4 Å². The summed E-state index contributed by atoms with van der Waals surface area (Å²) in [6, 6.07) is 0. The van der Waals surface area contributed by atoms with Gasteiger partial charge >= 0.3 is 0 Å². The normalized spacial score (nSPS) is 28.2. The third kappa shape index (κ3) is 4.49. The van der Waals surface area contributed by atoms with E-state index in [-0.39, 0.29) is 0 Å². The molecule has 0 aromatic carbocycles. The smallest absolute Gasteiger partial charge is 0.0478 e. The molecule has 0 aromatic rings. The van der Waals surface area contributed by atoms with Gasteiger partial charge in [0.2, 0.25) is 0 Å². The van der Waals surface area contributed by atoms with Crippen molar-refractivity contribution in [3.8, 4) is 0 Å². The van der Waals surface area contributed by atoms with Crippen LogP contribution in [0.3, 0.4) is 0 Å². The van der Waals surface area contributed by atoms with Crippen molar-refractivity contribution in [1.29, 1.82) is 0 Å². The zero-order valence-electron chi connectivity index (χ0n) is 10.2. The van der Waals surface area contributed by atoms with Crippen LogP contribution in [0.25, 0.3) is 0 Å². The Morgan fingerprint density at radius 2 is 2.27 bits per heavy atom. The predicted octanol–water partition coefficient (Wildman–Crippen LogP) is 1.33. The summed E-state index contributed by atoms with van der Waals surface area (Å²) in [6.45, 7) is 10.5. The number of hydrogen-bond donors (Lipinski definition) is 1. The fourth-order valence-corrected chi connectivity index (χ4v) is 2.27. The predicted molar refractivity (Wildman–Crippen MR) is 63.9 cm³/mol. The van der Waals surface area contributed by atoms with Crippen molar-refractivity contribution < 1.29 is 4.74 Å². The van der Waals surface area contributed by atoms with Crippen LogP contribution in [-0.4, -0.2) is 44.3 Å². The molecule has 15 heavy (non-hydrogen) atoms. The number of piperidine rings is 1. The van der Waals surface area contributed by atoms with Crippen molar-refractivity contribution >= 4 is 0 Å². The SMILES string of the molecule is CCOCCCN1CCC(C)C(CN)C1. The van der Waals surface area contributed by atoms with Gasteiger partial charge in [-0.3, -0.25) is 0 Å². The minimum absolute atomic E-state index is 0.700. The molecule has 0 saturated carbocycles. The first-order valence-electron chi connectivity index (χ1n) is 6.28. The van der Waals surface area contributed by atoms with E-state index in [2.05, 4.69) is 11.8 Å². The molecule has 0 bridgehead atoms. The number of hydrogen-bond acceptors (Lipinski definition) is 3. The van der Waals surface area contributed by atoms with E-state index in [0.29, 0.717) is 5.92 Å². The van der Waals surface area contributed by atoms with Gasteiger partial charge in [0, 0.05) is 26.3 Å². The highest BCUT2D eigenvalue weighted by Crippen LogP contribution is 2.21. The summed E-state index contributed by atoms with van der Waals surface area (Å²) in [6.07, 6.45) is 2.45. The number of ether oxygens (including phenoxy) is 1. The standard InChI is InChI=1S/C12H26N2O/c1-3-15-8-4-6-14-7-5-11(2)12(9-13)10-14/h11-12H,3-10,13H2,1-2H3. The van der Waals surface area contributed by atoms with Gasteiger partial charge in [0.1, 0.15) is 0 Å². The third-order valence-electron chi connectivity index (χ3n) is 3.47. The van der Waals surface area contributed by atoms with E-state index in [0.717, 1.165) is 32.1 Å². The van der Waals surface area contributed by atoms with E-state index in [9.17, 15) is 0 Å². The quantitative estimate of drug-likeness (QED) is 0.678. The van der Waals surface area contributed by atoms with Crippen LogP contribution in [0.5, 0.6) is 0 Å². The van der Waals surface area contributed by atoms with Crippen molar-refractivity contribution in [1.82, 2.24) is 4.90 Å². The third-order valence-corrected chi connectivity index (χ3v) is 3.47. The molecule has 2 N–H and O–H groups in total. The molecule has 2 atom stereocenters. The Hall–Kier alpha value is -0.120. The number of nitrogens with two attached hydrogens (primary N) is 1. The number of rotatable bonds is 6. The molecule has 0 amide bonds. The van der Waals surface area contributed by atoms with Crippen LogP contribution >= 0.6 is 0 Å². The molecule has 0 radical (unpaired) electrons. The molecule has 0 spiro atoms. The van der Waals surface area contributed by atoms with E-state index in [4.69, 9.17) is 10.5 Å². The molecule has 1 aliphatic heterocycles. The van der Waals surface area contributed by atoms with Gasteiger partial charge in [-0.25, -0.2) is 0 Å². The van der Waals surface area contributed by atoms with Crippen molar-refractivity contribution in [3.05, 3.63) is 0 Å². The van der Waals surface area contributed by atoms with Crippen LogP contribution in [0.1, 0.15) is 26.7 Å². The van der Waals surface area contributed by atoms with Crippen molar-refractivity contribution in [3.63, 3.8) is 0 Å². The lowest BCUT2D eigenvalue weighted by Gasteiger charge is -2.36. The van der Waals surface area contributed by atoms with Gasteiger partial charge in [-0.2, -0.15) is 0 Å². The maximum absolute atomic E-state index is 5.78. The summed E-state index contributed by atoms with van der Waals surface area (Å²) in [5.41, 5.74) is 5.78. The molecule has 3 heteroatoms. The average Bonchev–Trinajstić information content (AvgIpc) is 2.26. The molecule has 2 unspecified atom stereocenters. The summed E-state index contributed by atoms with van der Waals surface area (Å²) in [5.74, 6) is 1.50. The van der Waals surface area contributed by atoms with Crippen LogP contribution in [0.4, 0.5) is 0 Å². The summed E-state index contributed by atoms with van der Waals surface area (Å²) in [4.78, 5) is 2.54. The molecule has 3 nitrogen and oxygen atoms in total. The number of likely N-dealkylation sites (tertiary alicyclic amines) is 1. The molecule has 1 fully saturated rings. The summed E-state index contributed by atoms with van der Waals surface area (Å²) < 4.78 is 5.35. The van der Waals surface area contributed by atoms with Crippen LogP contribution in [0, 0.1) is 11.8 Å². The lowest BCUT2D eigenvalue weighted by molar-refractivity contribution is 0.102. The molecule has 1 heterocycles. The highest BCUT2D eigenvalue weighted by Gasteiger charge is 2.24. The van der Waals surface area contributed by atoms with E-state index >= 15 is 0 Å². The van der Waals surface area contributed by atoms with Crippen molar-refractivity contribution in [2.45, 2.75) is 26.7 Å². The zero-order valence-corrected chi connectivity index (χ0v) is 10.2. The first kappa shape index (κ1) is 12.9. The van der Waals surface area contributed by atoms with Gasteiger partial charge in [0.25, 0.3) is 0 Å². The Morgan fingerprint density at radius 3 is 2.93 bits per heavy atom. The van der Waals surface area contributed by atoms with E-state index < -0.39 is 0 Å². The van der Waals surface area contributed by atoms with Crippen LogP contribution in [0.2, 0.25) is 0 Å². The fourth-order valence-electron chi connectivity index (χ4n) is 2.27. The lowest BCUT2D eigenvalue weighted by atomic mass is 9.87. The molecule has 1 rings (SSSR count). The second-order valence-electron chi connectivity index (χ2n) is 4.61. The first-order valence-corrected chi connectivity index (χ1v) is 6.28. The van der Waals surface area contributed by atoms with Gasteiger partial charge in [-0.15, -0.1) is 0 Å². The van der Waals surface area contributed by atoms with Gasteiger partial charge in [-0.05, 0) is 44.7 Å². The molecular formula is C12H26N2O. The Balaban J connectivity index is 2.14. The van der Waals surface area contributed by atoms with E-state index in [1.807, 2.05) is 6.92 Å². The van der Waals surface area contributed by atoms with E-state index in [1.54, 1.807) is 0 Å². The Kier molecular flexibility index (Phi) is 6.22. The molecule has 90 valence electrons. The molecule has 0 aromatic heterocycles. The highest BCUT2D eigenvalue weighted by molar-refractivity contribution is 4.78. The second-order valence-corrected chi connectivity index (χ2v) is 4.61. The summed E-state index contributed by atoms with van der Waals surface area (Å²) in [7, 11) is 0. The Labute approximate surface area is 94.0 Å². The van der Waals surface area contributed by atoms with E-state index in [1.165, 1.54) is 26.1 Å². The molecule has 1 aliphatic rings. The minimum Gasteiger partial charge on any atom is -0.382 e. The average molecular weight is 214 g/mol. The zero-order chi connectivity index (χ0) is 11.1. The summed E-state index contributed by atoms with van der Waals surface area (Å²) >= 11 is 0. The maximum atomic E-state index is 5.78. The van der Waals surface area contributed by atoms with Gasteiger partial charge in [-0.1, -0.05) is 6.92 Å². The Bertz CT molecular complexity index is 164. The van der Waals surface area contributed by atoms with Gasteiger partial charge < -0.3 is 15.4 Å². The van der Waals surface area contributed by atoms with Crippen molar-refractivity contribution in [2.24, 2.45) is 17.6 Å². The van der Waals surface area contributed by atoms with Gasteiger partial charge in [0.15, 0.2) is 0 Å². The Morgan fingerprint density at radius 1 is 1.47 bits per heavy atom. The number of nitrogens with zero attached hydrogens (tertiary/aromatic N) is 1. The molecular weight excluding hydrogens is 188 g/mol. The largest absolute Gasteiger partial charge is 0.382 e. The second kappa shape index (κ2) is 7.20. The topological polar surface area (TPSA) is 38.5 Å². The first-order chi connectivity index (χ1) is 7.27. The van der Waals surface area contributed by atoms with Crippen LogP contribution in [-0.2, 0) is 4.74 Å². The van der Waals surface area contributed by atoms with Crippen LogP contribution in [0.15, 0.2) is 0 Å². The van der Waals surface area contributed by atoms with Gasteiger partial charge in [0.05, 0.1) is 0 Å². The highest BCUT2D eigenvalue weighted by atomic mass is 16.5. The minimum atomic E-state index is 0.700. The summed E-state index contributed by atoms with van der Waals surface area (Å²) in [5, 5.41) is 0. The van der Waals surface area contributed by atoms with Crippen LogP contribution < -0.4 is 5.73 Å². The fraction of sp³-hybridized carbons (Fsp3) is 1.00.